The Labute approximate surface area is 141 Å². The molecule has 0 saturated carbocycles. The first-order chi connectivity index (χ1) is 10.5. The molecule has 1 N–H and O–H groups in total. The van der Waals surface area contributed by atoms with Crippen LogP contribution in [0.25, 0.3) is 0 Å². The summed E-state index contributed by atoms with van der Waals surface area (Å²) >= 11 is 0. The Morgan fingerprint density at radius 1 is 0.591 bits per heavy atom. The van der Waals surface area contributed by atoms with Gasteiger partial charge < -0.3 is 5.11 Å². The van der Waals surface area contributed by atoms with Crippen LogP contribution < -0.4 is 0 Å². The summed E-state index contributed by atoms with van der Waals surface area (Å²) < 4.78 is 0. The van der Waals surface area contributed by atoms with Gasteiger partial charge in [0.15, 0.2) is 0 Å². The highest BCUT2D eigenvalue weighted by Crippen LogP contribution is 2.27. The van der Waals surface area contributed by atoms with E-state index in [9.17, 15) is 5.11 Å². The molecule has 0 aromatic heterocycles. The molecule has 1 heteroatoms. The fourth-order valence-corrected chi connectivity index (χ4v) is 3.45. The van der Waals surface area contributed by atoms with Gasteiger partial charge in [-0.2, -0.15) is 0 Å². The van der Waals surface area contributed by atoms with Crippen molar-refractivity contribution in [2.45, 2.75) is 105 Å². The molecule has 1 nitrogen and oxygen atoms in total. The Hall–Kier alpha value is -0.0400. The molecular weight excluding hydrogens is 268 g/mol. The van der Waals surface area contributed by atoms with Crippen LogP contribution in [0.4, 0.5) is 0 Å². The molecule has 0 aromatic carbocycles. The van der Waals surface area contributed by atoms with Crippen molar-refractivity contribution in [3.63, 3.8) is 0 Å². The monoisotopic (exact) mass is 312 g/mol. The zero-order valence-corrected chi connectivity index (χ0v) is 16.2. The minimum absolute atomic E-state index is 0.363. The summed E-state index contributed by atoms with van der Waals surface area (Å²) in [5.41, 5.74) is 0. The fraction of sp³-hybridized carbons (Fsp3) is 1.00. The fourth-order valence-electron chi connectivity index (χ4n) is 3.45. The Bertz CT molecular complexity index is 222. The van der Waals surface area contributed by atoms with Gasteiger partial charge in [-0.05, 0) is 30.1 Å². The van der Waals surface area contributed by atoms with Crippen LogP contribution in [0.3, 0.4) is 0 Å². The molecular formula is C21H44O. The second-order valence-electron chi connectivity index (χ2n) is 8.03. The largest absolute Gasteiger partial charge is 0.396 e. The summed E-state index contributed by atoms with van der Waals surface area (Å²) in [5, 5.41) is 9.43. The van der Waals surface area contributed by atoms with Gasteiger partial charge in [-0.15, -0.1) is 0 Å². The van der Waals surface area contributed by atoms with Crippen LogP contribution in [-0.4, -0.2) is 11.7 Å². The van der Waals surface area contributed by atoms with Crippen LogP contribution in [0.2, 0.25) is 0 Å². The number of aliphatic hydroxyl groups excluding tert-OH is 1. The predicted molar refractivity (Wildman–Crippen MR) is 100 cm³/mol. The van der Waals surface area contributed by atoms with Crippen molar-refractivity contribution in [1.82, 2.24) is 0 Å². The number of hydrogen-bond donors (Lipinski definition) is 1. The first-order valence-corrected chi connectivity index (χ1v) is 10.1. The molecule has 0 aromatic rings. The molecule has 0 bridgehead atoms. The third-order valence-electron chi connectivity index (χ3n) is 5.45. The van der Waals surface area contributed by atoms with E-state index in [1.807, 2.05) is 0 Å². The quantitative estimate of drug-likeness (QED) is 0.328. The Morgan fingerprint density at radius 2 is 1.05 bits per heavy atom. The lowest BCUT2D eigenvalue weighted by Gasteiger charge is -2.23. The van der Waals surface area contributed by atoms with Crippen LogP contribution in [-0.2, 0) is 0 Å². The number of unbranched alkanes of at least 4 members (excludes halogenated alkanes) is 6. The molecule has 0 rings (SSSR count). The summed E-state index contributed by atoms with van der Waals surface area (Å²) in [6, 6.07) is 0. The van der Waals surface area contributed by atoms with Gasteiger partial charge >= 0.3 is 0 Å². The standard InChI is InChI=1S/C21H44O/c1-6-7-8-9-10-11-12-14-20(18(2)3)15-13-16-21(17-22)19(4)5/h18-22H,6-17H2,1-5H3. The Balaban J connectivity index is 3.78. The molecule has 0 aliphatic heterocycles. The second-order valence-corrected chi connectivity index (χ2v) is 8.03. The van der Waals surface area contributed by atoms with E-state index < -0.39 is 0 Å². The summed E-state index contributed by atoms with van der Waals surface area (Å²) in [4.78, 5) is 0. The van der Waals surface area contributed by atoms with E-state index in [0.29, 0.717) is 18.4 Å². The van der Waals surface area contributed by atoms with Gasteiger partial charge in [0, 0.05) is 6.61 Å². The molecule has 0 radical (unpaired) electrons. The van der Waals surface area contributed by atoms with E-state index in [1.54, 1.807) is 0 Å². The highest BCUT2D eigenvalue weighted by Gasteiger charge is 2.16. The number of rotatable bonds is 15. The normalized spacial score (nSPS) is 14.7. The average molecular weight is 313 g/mol. The van der Waals surface area contributed by atoms with Gasteiger partial charge in [-0.1, -0.05) is 98.8 Å². The third kappa shape index (κ3) is 11.5. The molecule has 0 saturated heterocycles. The zero-order valence-electron chi connectivity index (χ0n) is 16.2. The Kier molecular flexibility index (Phi) is 14.5. The second kappa shape index (κ2) is 14.5. The number of aliphatic hydroxyl groups is 1. The van der Waals surface area contributed by atoms with Gasteiger partial charge in [0.05, 0.1) is 0 Å². The lowest BCUT2D eigenvalue weighted by molar-refractivity contribution is 0.173. The maximum absolute atomic E-state index is 9.43. The highest BCUT2D eigenvalue weighted by atomic mass is 16.3. The SMILES string of the molecule is CCCCCCCCCC(CCCC(CO)C(C)C)C(C)C. The maximum Gasteiger partial charge on any atom is 0.0461 e. The van der Waals surface area contributed by atoms with E-state index >= 15 is 0 Å². The third-order valence-corrected chi connectivity index (χ3v) is 5.45. The minimum Gasteiger partial charge on any atom is -0.396 e. The number of hydrogen-bond acceptors (Lipinski definition) is 1. The molecule has 2 atom stereocenters. The predicted octanol–water partition coefficient (Wildman–Crippen LogP) is 6.83. The van der Waals surface area contributed by atoms with Gasteiger partial charge in [-0.3, -0.25) is 0 Å². The van der Waals surface area contributed by atoms with Gasteiger partial charge in [0.25, 0.3) is 0 Å². The van der Waals surface area contributed by atoms with Crippen molar-refractivity contribution in [1.29, 1.82) is 0 Å². The molecule has 0 spiro atoms. The molecule has 0 heterocycles. The van der Waals surface area contributed by atoms with E-state index in [-0.39, 0.29) is 0 Å². The molecule has 22 heavy (non-hydrogen) atoms. The average Bonchev–Trinajstić information content (AvgIpc) is 2.47. The smallest absolute Gasteiger partial charge is 0.0461 e. The summed E-state index contributed by atoms with van der Waals surface area (Å²) in [5.74, 6) is 2.82. The van der Waals surface area contributed by atoms with Crippen LogP contribution in [0.5, 0.6) is 0 Å². The lowest BCUT2D eigenvalue weighted by Crippen LogP contribution is -2.15. The first-order valence-electron chi connectivity index (χ1n) is 10.1. The molecule has 0 fully saturated rings. The van der Waals surface area contributed by atoms with Gasteiger partial charge in [0.2, 0.25) is 0 Å². The zero-order chi connectivity index (χ0) is 16.8. The van der Waals surface area contributed by atoms with Crippen LogP contribution >= 0.6 is 0 Å². The lowest BCUT2D eigenvalue weighted by atomic mass is 9.83. The van der Waals surface area contributed by atoms with E-state index in [1.165, 1.54) is 70.6 Å². The first kappa shape index (κ1) is 22.0. The molecule has 0 aliphatic rings. The molecule has 2 unspecified atom stereocenters. The summed E-state index contributed by atoms with van der Waals surface area (Å²) in [7, 11) is 0. The van der Waals surface area contributed by atoms with Gasteiger partial charge in [0.1, 0.15) is 0 Å². The van der Waals surface area contributed by atoms with E-state index in [0.717, 1.165) is 11.8 Å². The van der Waals surface area contributed by atoms with Crippen molar-refractivity contribution in [3.05, 3.63) is 0 Å². The Morgan fingerprint density at radius 3 is 1.55 bits per heavy atom. The van der Waals surface area contributed by atoms with E-state index in [4.69, 9.17) is 0 Å². The van der Waals surface area contributed by atoms with Crippen molar-refractivity contribution in [2.75, 3.05) is 6.61 Å². The van der Waals surface area contributed by atoms with Gasteiger partial charge in [-0.25, -0.2) is 0 Å². The molecule has 0 amide bonds. The topological polar surface area (TPSA) is 20.2 Å². The van der Waals surface area contributed by atoms with Crippen molar-refractivity contribution >= 4 is 0 Å². The van der Waals surface area contributed by atoms with Crippen molar-refractivity contribution in [3.8, 4) is 0 Å². The molecule has 134 valence electrons. The summed E-state index contributed by atoms with van der Waals surface area (Å²) in [6.07, 6.45) is 15.2. The van der Waals surface area contributed by atoms with Crippen LogP contribution in [0, 0.1) is 23.7 Å². The van der Waals surface area contributed by atoms with Crippen LogP contribution in [0.1, 0.15) is 105 Å². The van der Waals surface area contributed by atoms with Crippen molar-refractivity contribution in [2.24, 2.45) is 23.7 Å². The summed E-state index contributed by atoms with van der Waals surface area (Å²) in [6.45, 7) is 11.9. The van der Waals surface area contributed by atoms with Crippen LogP contribution in [0.15, 0.2) is 0 Å². The van der Waals surface area contributed by atoms with Crippen molar-refractivity contribution < 1.29 is 5.11 Å². The maximum atomic E-state index is 9.43. The highest BCUT2D eigenvalue weighted by molar-refractivity contribution is 4.67. The molecule has 0 aliphatic carbocycles. The minimum atomic E-state index is 0.363. The van der Waals surface area contributed by atoms with E-state index in [2.05, 4.69) is 34.6 Å².